The van der Waals surface area contributed by atoms with Crippen molar-refractivity contribution in [3.05, 3.63) is 27.6 Å². The van der Waals surface area contributed by atoms with Gasteiger partial charge in [-0.1, -0.05) is 27.7 Å². The summed E-state index contributed by atoms with van der Waals surface area (Å²) in [4.78, 5) is 12.9. The molecule has 0 aliphatic heterocycles. The smallest absolute Gasteiger partial charge is 0.274 e. The number of carbonyl (C=O) groups is 1. The highest BCUT2D eigenvalue weighted by atomic mass is 127. The Kier molecular flexibility index (Phi) is 6.26. The molecule has 0 fully saturated rings. The van der Waals surface area contributed by atoms with Gasteiger partial charge in [0, 0.05) is 18.7 Å². The first kappa shape index (κ1) is 17.7. The molecule has 2 aromatic rings. The molecule has 9 heteroatoms. The third kappa shape index (κ3) is 3.48. The Morgan fingerprint density at radius 2 is 2.32 bits per heavy atom. The lowest BCUT2D eigenvalue weighted by molar-refractivity contribution is 0.102. The summed E-state index contributed by atoms with van der Waals surface area (Å²) in [5.74, 6) is 0.346. The van der Waals surface area contributed by atoms with Crippen molar-refractivity contribution in [1.29, 1.82) is 0 Å². The normalized spacial score (nSPS) is 12.4. The monoisotopic (exact) mass is 454 g/mol. The molecule has 0 aliphatic rings. The van der Waals surface area contributed by atoms with E-state index in [0.717, 1.165) is 11.3 Å². The van der Waals surface area contributed by atoms with Gasteiger partial charge in [0.1, 0.15) is 16.2 Å². The lowest BCUT2D eigenvalue weighted by Crippen LogP contribution is -2.33. The molecule has 2 heterocycles. The van der Waals surface area contributed by atoms with Crippen LogP contribution in [0, 0.1) is 13.8 Å². The number of halogens is 1. The average molecular weight is 454 g/mol. The molecule has 0 spiro atoms. The van der Waals surface area contributed by atoms with Gasteiger partial charge in [-0.3, -0.25) is 4.79 Å². The highest BCUT2D eigenvalue weighted by Crippen LogP contribution is 2.32. The molecular formula is C13H15IN2O4S2. The van der Waals surface area contributed by atoms with E-state index in [1.165, 1.54) is 22.8 Å². The minimum Gasteiger partial charge on any atom is -0.588 e. The number of Topliss-reactive ketones (excluding diaryl/α,β-unsaturated/α-hetero) is 1. The molecule has 0 saturated carbocycles. The van der Waals surface area contributed by atoms with Gasteiger partial charge in [0.2, 0.25) is 4.90 Å². The number of aromatic nitrogens is 1. The van der Waals surface area contributed by atoms with E-state index < -0.39 is 11.4 Å². The van der Waals surface area contributed by atoms with Crippen LogP contribution in [-0.4, -0.2) is 33.8 Å². The summed E-state index contributed by atoms with van der Waals surface area (Å²) in [6, 6.07) is 1.70. The van der Waals surface area contributed by atoms with Crippen LogP contribution in [0.15, 0.2) is 20.9 Å². The Balaban J connectivity index is 2.39. The van der Waals surface area contributed by atoms with Crippen LogP contribution < -0.4 is 4.31 Å². The topological polar surface area (TPSA) is 78.6 Å². The fourth-order valence-corrected chi connectivity index (χ4v) is 4.78. The summed E-state index contributed by atoms with van der Waals surface area (Å²) < 4.78 is 25.1. The number of methoxy groups -OCH3 is 1. The number of aryl methyl sites for hydroxylation is 1. The van der Waals surface area contributed by atoms with E-state index in [9.17, 15) is 9.35 Å². The zero-order valence-electron chi connectivity index (χ0n) is 12.3. The number of anilines is 1. The van der Waals surface area contributed by atoms with Gasteiger partial charge in [-0.25, -0.2) is 0 Å². The average Bonchev–Trinajstić information content (AvgIpc) is 3.12. The Morgan fingerprint density at radius 1 is 1.59 bits per heavy atom. The van der Waals surface area contributed by atoms with Crippen molar-refractivity contribution in [1.82, 2.24) is 5.16 Å². The Morgan fingerprint density at radius 3 is 2.86 bits per heavy atom. The zero-order valence-corrected chi connectivity index (χ0v) is 16.1. The molecule has 120 valence electrons. The molecule has 2 aromatic heterocycles. The first-order chi connectivity index (χ1) is 10.5. The fraction of sp³-hybridized carbons (Fsp3) is 0.385. The molecule has 0 radical (unpaired) electrons. The second kappa shape index (κ2) is 7.77. The number of rotatable bonds is 7. The number of hydrogen-bond acceptors (Lipinski definition) is 7. The molecule has 0 N–H and O–H groups in total. The third-order valence-corrected chi connectivity index (χ3v) is 6.16. The van der Waals surface area contributed by atoms with Gasteiger partial charge in [0.05, 0.1) is 10.1 Å². The molecule has 0 saturated heterocycles. The van der Waals surface area contributed by atoms with Crippen LogP contribution in [-0.2, 0) is 16.1 Å². The van der Waals surface area contributed by atoms with Crippen molar-refractivity contribution < 1.29 is 18.6 Å². The zero-order chi connectivity index (χ0) is 16.3. The summed E-state index contributed by atoms with van der Waals surface area (Å²) in [5, 5.41) is 5.64. The second-order valence-electron chi connectivity index (χ2n) is 4.41. The molecule has 0 aliphatic carbocycles. The number of ether oxygens (including phenoxy) is 1. The van der Waals surface area contributed by atoms with Crippen molar-refractivity contribution in [2.24, 2.45) is 0 Å². The Labute approximate surface area is 149 Å². The van der Waals surface area contributed by atoms with Crippen molar-refractivity contribution in [3.8, 4) is 0 Å². The van der Waals surface area contributed by atoms with Gasteiger partial charge in [-0.15, -0.1) is 15.6 Å². The van der Waals surface area contributed by atoms with Crippen LogP contribution in [0.25, 0.3) is 0 Å². The molecule has 1 unspecified atom stereocenters. The number of nitrogens with zero attached hydrogens (tertiary/aromatic N) is 2. The van der Waals surface area contributed by atoms with Gasteiger partial charge in [-0.2, -0.15) is 0 Å². The summed E-state index contributed by atoms with van der Waals surface area (Å²) in [6.45, 7) is 3.72. The fourth-order valence-electron chi connectivity index (χ4n) is 1.75. The number of thiophene rings is 1. The summed E-state index contributed by atoms with van der Waals surface area (Å²) in [7, 11) is 1.51. The standard InChI is InChI=1S/C13H15IN2O4S2/c1-8-9(2)15-20-13(8)16(7-19-3)22(18)11-4-5-21-12(11)10(17)6-14/h4-5H,6-7H2,1-3H3. The lowest BCUT2D eigenvalue weighted by Gasteiger charge is -2.22. The van der Waals surface area contributed by atoms with Crippen LogP contribution in [0.2, 0.25) is 0 Å². The van der Waals surface area contributed by atoms with Crippen molar-refractivity contribution >= 4 is 57.0 Å². The number of ketones is 1. The predicted molar refractivity (Wildman–Crippen MR) is 94.3 cm³/mol. The molecular weight excluding hydrogens is 439 g/mol. The van der Waals surface area contributed by atoms with E-state index in [1.54, 1.807) is 11.4 Å². The van der Waals surface area contributed by atoms with Crippen LogP contribution in [0.5, 0.6) is 0 Å². The molecule has 22 heavy (non-hydrogen) atoms. The van der Waals surface area contributed by atoms with Crippen LogP contribution >= 0.6 is 33.9 Å². The molecule has 2 rings (SSSR count). The minimum absolute atomic E-state index is 0.0400. The van der Waals surface area contributed by atoms with Gasteiger partial charge in [0.15, 0.2) is 12.5 Å². The van der Waals surface area contributed by atoms with Gasteiger partial charge in [-0.05, 0) is 19.2 Å². The summed E-state index contributed by atoms with van der Waals surface area (Å²) in [6.07, 6.45) is 0. The molecule has 0 bridgehead atoms. The van der Waals surface area contributed by atoms with Gasteiger partial charge >= 0.3 is 0 Å². The summed E-state index contributed by atoms with van der Waals surface area (Å²) >= 11 is 1.68. The second-order valence-corrected chi connectivity index (χ2v) is 7.47. The van der Waals surface area contributed by atoms with E-state index in [-0.39, 0.29) is 12.5 Å². The Bertz CT molecular complexity index is 658. The number of alkyl halides is 1. The third-order valence-electron chi connectivity index (χ3n) is 3.00. The maximum atomic E-state index is 12.9. The van der Waals surface area contributed by atoms with Crippen LogP contribution in [0.4, 0.5) is 5.88 Å². The van der Waals surface area contributed by atoms with E-state index in [0.29, 0.717) is 20.1 Å². The highest BCUT2D eigenvalue weighted by molar-refractivity contribution is 14.1. The van der Waals surface area contributed by atoms with E-state index in [1.807, 2.05) is 36.4 Å². The molecule has 6 nitrogen and oxygen atoms in total. The van der Waals surface area contributed by atoms with E-state index in [2.05, 4.69) is 5.16 Å². The number of hydrogen-bond donors (Lipinski definition) is 0. The quantitative estimate of drug-likeness (QED) is 0.210. The van der Waals surface area contributed by atoms with E-state index >= 15 is 0 Å². The predicted octanol–water partition coefficient (Wildman–Crippen LogP) is 3.10. The summed E-state index contributed by atoms with van der Waals surface area (Å²) in [5.41, 5.74) is 1.52. The van der Waals surface area contributed by atoms with Crippen molar-refractivity contribution in [2.75, 3.05) is 22.6 Å². The minimum atomic E-state index is -1.61. The maximum Gasteiger partial charge on any atom is 0.274 e. The van der Waals surface area contributed by atoms with Gasteiger partial charge < -0.3 is 13.8 Å². The van der Waals surface area contributed by atoms with E-state index in [4.69, 9.17) is 9.26 Å². The first-order valence-corrected chi connectivity index (χ1v) is 9.80. The van der Waals surface area contributed by atoms with Crippen LogP contribution in [0.1, 0.15) is 20.9 Å². The highest BCUT2D eigenvalue weighted by Gasteiger charge is 2.33. The molecule has 0 amide bonds. The molecule has 1 atom stereocenters. The van der Waals surface area contributed by atoms with Crippen LogP contribution in [0.3, 0.4) is 0 Å². The first-order valence-electron chi connectivity index (χ1n) is 6.29. The number of carbonyl (C=O) groups excluding carboxylic acids is 1. The Hall–Kier alpha value is -0.620. The maximum absolute atomic E-state index is 12.9. The lowest BCUT2D eigenvalue weighted by atomic mass is 10.3. The molecule has 0 aromatic carbocycles. The van der Waals surface area contributed by atoms with Gasteiger partial charge in [0.25, 0.3) is 5.88 Å². The van der Waals surface area contributed by atoms with Crippen molar-refractivity contribution in [2.45, 2.75) is 18.7 Å². The largest absolute Gasteiger partial charge is 0.588 e. The van der Waals surface area contributed by atoms with Crippen molar-refractivity contribution in [3.63, 3.8) is 0 Å². The SMILES string of the molecule is COCN(c1onc(C)c1C)[S+]([O-])c1ccsc1C(=O)CI.